The molecule has 30 heavy (non-hydrogen) atoms. The Morgan fingerprint density at radius 3 is 2.57 bits per heavy atom. The lowest BCUT2D eigenvalue weighted by molar-refractivity contribution is -0.139. The van der Waals surface area contributed by atoms with Gasteiger partial charge < -0.3 is 14.2 Å². The van der Waals surface area contributed by atoms with Crippen molar-refractivity contribution >= 4 is 23.4 Å². The highest BCUT2D eigenvalue weighted by atomic mass is 35.5. The van der Waals surface area contributed by atoms with Gasteiger partial charge in [0.25, 0.3) is 12.3 Å². The molecule has 4 aromatic rings. The molecule has 0 radical (unpaired) electrons. The Morgan fingerprint density at radius 1 is 1.07 bits per heavy atom. The Labute approximate surface area is 171 Å². The van der Waals surface area contributed by atoms with Crippen LogP contribution in [0.4, 0.5) is 22.0 Å². The van der Waals surface area contributed by atoms with E-state index >= 15 is 0 Å². The van der Waals surface area contributed by atoms with Crippen LogP contribution in [0.3, 0.4) is 0 Å². The lowest BCUT2D eigenvalue weighted by Gasteiger charge is -2.14. The number of aromatic amines is 1. The van der Waals surface area contributed by atoms with Crippen LogP contribution >= 0.6 is 12.4 Å². The minimum atomic E-state index is -4.82. The maximum absolute atomic E-state index is 13.3. The molecule has 0 bridgehead atoms. The zero-order valence-corrected chi connectivity index (χ0v) is 15.6. The maximum Gasteiger partial charge on any atom is 0.419 e. The second-order valence-electron chi connectivity index (χ2n) is 5.97. The summed E-state index contributed by atoms with van der Waals surface area (Å²) in [4.78, 5) is 11.1. The van der Waals surface area contributed by atoms with E-state index in [-0.39, 0.29) is 29.7 Å². The molecule has 158 valence electrons. The summed E-state index contributed by atoms with van der Waals surface area (Å²) < 4.78 is 74.2. The van der Waals surface area contributed by atoms with Gasteiger partial charge in [0.1, 0.15) is 12.4 Å². The molecular formula is C18H12ClF5N4O2. The number of H-pyrrole nitrogens is 1. The monoisotopic (exact) mass is 446 g/mol. The van der Waals surface area contributed by atoms with Gasteiger partial charge in [-0.25, -0.2) is 13.8 Å². The Kier molecular flexibility index (Phi) is 5.92. The van der Waals surface area contributed by atoms with Gasteiger partial charge in [-0.1, -0.05) is 5.16 Å². The fourth-order valence-corrected chi connectivity index (χ4v) is 2.70. The highest BCUT2D eigenvalue weighted by molar-refractivity contribution is 5.85. The van der Waals surface area contributed by atoms with Crippen molar-refractivity contribution in [1.82, 2.24) is 20.1 Å². The predicted octanol–water partition coefficient (Wildman–Crippen LogP) is 5.36. The molecular weight excluding hydrogens is 435 g/mol. The first kappa shape index (κ1) is 21.5. The second kappa shape index (κ2) is 8.27. The molecule has 2 heterocycles. The largest absolute Gasteiger partial charge is 0.487 e. The van der Waals surface area contributed by atoms with E-state index < -0.39 is 30.5 Å². The molecule has 2 aromatic heterocycles. The van der Waals surface area contributed by atoms with Gasteiger partial charge in [-0.3, -0.25) is 0 Å². The SMILES string of the molecule is Cl.FC(F)COc1ccc(-c2nc(-c3ccc4nc[nH]c4c3)no2)cc1C(F)(F)F. The first-order chi connectivity index (χ1) is 13.8. The van der Waals surface area contributed by atoms with Gasteiger partial charge in [0.15, 0.2) is 0 Å². The van der Waals surface area contributed by atoms with Crippen LogP contribution in [0.5, 0.6) is 5.75 Å². The third-order valence-electron chi connectivity index (χ3n) is 4.00. The van der Waals surface area contributed by atoms with E-state index in [1.807, 2.05) is 0 Å². The number of imidazole rings is 1. The van der Waals surface area contributed by atoms with Gasteiger partial charge in [-0.15, -0.1) is 12.4 Å². The summed E-state index contributed by atoms with van der Waals surface area (Å²) >= 11 is 0. The number of ether oxygens (including phenoxy) is 1. The van der Waals surface area contributed by atoms with E-state index in [4.69, 9.17) is 4.52 Å². The molecule has 0 atom stereocenters. The molecule has 0 saturated heterocycles. The highest BCUT2D eigenvalue weighted by Gasteiger charge is 2.35. The molecule has 6 nitrogen and oxygen atoms in total. The van der Waals surface area contributed by atoms with E-state index in [1.54, 1.807) is 18.2 Å². The third-order valence-corrected chi connectivity index (χ3v) is 4.00. The van der Waals surface area contributed by atoms with Gasteiger partial charge in [0, 0.05) is 11.1 Å². The number of hydrogen-bond acceptors (Lipinski definition) is 5. The zero-order valence-electron chi connectivity index (χ0n) is 14.8. The number of nitrogens with one attached hydrogen (secondary N) is 1. The van der Waals surface area contributed by atoms with Crippen molar-refractivity contribution in [1.29, 1.82) is 0 Å². The standard InChI is InChI=1S/C18H11F5N4O2.ClH/c19-15(20)7-28-14-4-2-10(5-11(14)18(21,22)23)17-26-16(27-29-17)9-1-3-12-13(6-9)25-8-24-12;/h1-6,8,15H,7H2,(H,24,25);1H. The van der Waals surface area contributed by atoms with Crippen molar-refractivity contribution in [2.24, 2.45) is 0 Å². The lowest BCUT2D eigenvalue weighted by Crippen LogP contribution is -2.13. The van der Waals surface area contributed by atoms with Gasteiger partial charge >= 0.3 is 6.18 Å². The van der Waals surface area contributed by atoms with Crippen molar-refractivity contribution in [2.45, 2.75) is 12.6 Å². The average Bonchev–Trinajstić information content (AvgIpc) is 3.34. The van der Waals surface area contributed by atoms with Crippen LogP contribution in [0.2, 0.25) is 0 Å². The summed E-state index contributed by atoms with van der Waals surface area (Å²) in [5.41, 5.74) is 0.794. The number of halogens is 6. The van der Waals surface area contributed by atoms with Crippen molar-refractivity contribution in [3.8, 4) is 28.6 Å². The molecule has 0 amide bonds. The number of fused-ring (bicyclic) bond motifs is 1. The van der Waals surface area contributed by atoms with Crippen LogP contribution in [0.1, 0.15) is 5.56 Å². The van der Waals surface area contributed by atoms with Crippen molar-refractivity contribution < 1.29 is 31.2 Å². The molecule has 0 aliphatic carbocycles. The topological polar surface area (TPSA) is 76.8 Å². The summed E-state index contributed by atoms with van der Waals surface area (Å²) in [5.74, 6) is -0.690. The molecule has 0 spiro atoms. The number of alkyl halides is 5. The number of benzene rings is 2. The maximum atomic E-state index is 13.3. The summed E-state index contributed by atoms with van der Waals surface area (Å²) in [7, 11) is 0. The van der Waals surface area contributed by atoms with Crippen LogP contribution in [0.15, 0.2) is 47.2 Å². The van der Waals surface area contributed by atoms with Crippen LogP contribution in [0, 0.1) is 0 Å². The third kappa shape index (κ3) is 4.35. The molecule has 0 aliphatic rings. The summed E-state index contributed by atoms with van der Waals surface area (Å²) in [6, 6.07) is 8.04. The number of rotatable bonds is 5. The first-order valence-corrected chi connectivity index (χ1v) is 8.21. The van der Waals surface area contributed by atoms with Crippen LogP contribution < -0.4 is 4.74 Å². The summed E-state index contributed by atoms with van der Waals surface area (Å²) in [5, 5.41) is 3.80. The normalized spacial score (nSPS) is 11.7. The molecule has 12 heteroatoms. The van der Waals surface area contributed by atoms with Gasteiger partial charge in [-0.2, -0.15) is 18.2 Å². The average molecular weight is 447 g/mol. The Bertz CT molecular complexity index is 1160. The van der Waals surface area contributed by atoms with Gasteiger partial charge in [0.2, 0.25) is 5.82 Å². The Hall–Kier alpha value is -3.21. The van der Waals surface area contributed by atoms with E-state index in [0.717, 1.165) is 23.2 Å². The van der Waals surface area contributed by atoms with Crippen molar-refractivity contribution in [2.75, 3.05) is 6.61 Å². The molecule has 0 unspecified atom stereocenters. The van der Waals surface area contributed by atoms with Gasteiger partial charge in [-0.05, 0) is 36.4 Å². The number of hydrogen-bond donors (Lipinski definition) is 1. The van der Waals surface area contributed by atoms with E-state index in [1.165, 1.54) is 12.4 Å². The van der Waals surface area contributed by atoms with Crippen molar-refractivity contribution in [3.63, 3.8) is 0 Å². The molecule has 1 N–H and O–H groups in total. The van der Waals surface area contributed by atoms with Crippen LogP contribution in [-0.2, 0) is 6.18 Å². The smallest absolute Gasteiger partial charge is 0.419 e. The van der Waals surface area contributed by atoms with E-state index in [0.29, 0.717) is 5.56 Å². The second-order valence-corrected chi connectivity index (χ2v) is 5.97. The lowest BCUT2D eigenvalue weighted by atomic mass is 10.1. The summed E-state index contributed by atoms with van der Waals surface area (Å²) in [6.45, 7) is -1.15. The Balaban J connectivity index is 0.00000256. The number of aromatic nitrogens is 4. The fourth-order valence-electron chi connectivity index (χ4n) is 2.70. The molecule has 2 aromatic carbocycles. The van der Waals surface area contributed by atoms with Crippen molar-refractivity contribution in [3.05, 3.63) is 48.3 Å². The quantitative estimate of drug-likeness (QED) is 0.417. The van der Waals surface area contributed by atoms with Crippen LogP contribution in [-0.4, -0.2) is 33.1 Å². The minimum Gasteiger partial charge on any atom is -0.487 e. The highest BCUT2D eigenvalue weighted by Crippen LogP contribution is 2.39. The molecule has 0 fully saturated rings. The minimum absolute atomic E-state index is 0. The predicted molar refractivity (Wildman–Crippen MR) is 98.6 cm³/mol. The first-order valence-electron chi connectivity index (χ1n) is 8.21. The molecule has 0 aliphatic heterocycles. The van der Waals surface area contributed by atoms with E-state index in [9.17, 15) is 22.0 Å². The molecule has 0 saturated carbocycles. The molecule has 4 rings (SSSR count). The Morgan fingerprint density at radius 2 is 1.83 bits per heavy atom. The fraction of sp³-hybridized carbons (Fsp3) is 0.167. The van der Waals surface area contributed by atoms with E-state index in [2.05, 4.69) is 24.8 Å². The summed E-state index contributed by atoms with van der Waals surface area (Å²) in [6.07, 6.45) is -6.20. The number of nitrogens with zero attached hydrogens (tertiary/aromatic N) is 3. The zero-order chi connectivity index (χ0) is 20.6. The van der Waals surface area contributed by atoms with Gasteiger partial charge in [0.05, 0.1) is 22.9 Å². The van der Waals surface area contributed by atoms with Crippen LogP contribution in [0.25, 0.3) is 33.9 Å².